The molecule has 3 rings (SSSR count). The lowest BCUT2D eigenvalue weighted by Gasteiger charge is -2.10. The van der Waals surface area contributed by atoms with Gasteiger partial charge in [0.15, 0.2) is 0 Å². The third kappa shape index (κ3) is 3.00. The van der Waals surface area contributed by atoms with Crippen LogP contribution in [-0.4, -0.2) is 17.5 Å². The van der Waals surface area contributed by atoms with Crippen LogP contribution in [0.4, 0.5) is 5.82 Å². The molecular formula is C15H14BrN3O2. The highest BCUT2D eigenvalue weighted by atomic mass is 79.9. The van der Waals surface area contributed by atoms with Crippen LogP contribution < -0.4 is 15.8 Å². The monoisotopic (exact) mass is 347 g/mol. The first-order chi connectivity index (χ1) is 10.1. The highest BCUT2D eigenvalue weighted by Gasteiger charge is 2.18. The maximum absolute atomic E-state index is 12.1. The van der Waals surface area contributed by atoms with Crippen molar-refractivity contribution in [2.45, 2.75) is 13.0 Å². The van der Waals surface area contributed by atoms with Crippen LogP contribution in [0.2, 0.25) is 0 Å². The maximum Gasteiger partial charge on any atom is 0.253 e. The van der Waals surface area contributed by atoms with Gasteiger partial charge in [-0.25, -0.2) is 4.98 Å². The first-order valence-corrected chi connectivity index (χ1v) is 7.36. The van der Waals surface area contributed by atoms with E-state index in [4.69, 9.17) is 10.5 Å². The molecule has 5 nitrogen and oxygen atoms in total. The standard InChI is InChI=1S/C15H14BrN3O2/c16-12-5-9-3-4-21-14(9)11(6-12)8-19-15(20)10-1-2-13(17)18-7-10/h1-2,5-7H,3-4,8H2,(H2,17,18)(H,19,20). The molecule has 1 aromatic heterocycles. The molecule has 0 spiro atoms. The fraction of sp³-hybridized carbons (Fsp3) is 0.200. The highest BCUT2D eigenvalue weighted by Crippen LogP contribution is 2.32. The number of nitrogens with zero attached hydrogens (tertiary/aromatic N) is 1. The van der Waals surface area contributed by atoms with Crippen LogP contribution in [0.1, 0.15) is 21.5 Å². The number of carbonyl (C=O) groups is 1. The average molecular weight is 348 g/mol. The van der Waals surface area contributed by atoms with Gasteiger partial charge in [0.25, 0.3) is 5.91 Å². The van der Waals surface area contributed by atoms with Crippen molar-refractivity contribution in [2.75, 3.05) is 12.3 Å². The van der Waals surface area contributed by atoms with Crippen molar-refractivity contribution in [3.63, 3.8) is 0 Å². The number of halogens is 1. The van der Waals surface area contributed by atoms with Crippen molar-refractivity contribution in [1.29, 1.82) is 0 Å². The smallest absolute Gasteiger partial charge is 0.253 e. The summed E-state index contributed by atoms with van der Waals surface area (Å²) in [6.45, 7) is 1.10. The number of rotatable bonds is 3. The second-order valence-electron chi connectivity index (χ2n) is 4.81. The van der Waals surface area contributed by atoms with Crippen LogP contribution in [0.5, 0.6) is 5.75 Å². The number of ether oxygens (including phenoxy) is 1. The quantitative estimate of drug-likeness (QED) is 0.892. The molecule has 0 fully saturated rings. The molecule has 0 unspecified atom stereocenters. The first kappa shape index (κ1) is 13.9. The number of amides is 1. The van der Waals surface area contributed by atoms with Gasteiger partial charge in [0.05, 0.1) is 12.2 Å². The van der Waals surface area contributed by atoms with Gasteiger partial charge in [-0.1, -0.05) is 15.9 Å². The largest absolute Gasteiger partial charge is 0.493 e. The van der Waals surface area contributed by atoms with Gasteiger partial charge in [-0.15, -0.1) is 0 Å². The number of carbonyl (C=O) groups excluding carboxylic acids is 1. The summed E-state index contributed by atoms with van der Waals surface area (Å²) >= 11 is 3.48. The lowest BCUT2D eigenvalue weighted by atomic mass is 10.1. The van der Waals surface area contributed by atoms with Crippen molar-refractivity contribution < 1.29 is 9.53 Å². The lowest BCUT2D eigenvalue weighted by molar-refractivity contribution is 0.0950. The molecule has 2 heterocycles. The van der Waals surface area contributed by atoms with E-state index in [0.29, 0.717) is 24.5 Å². The summed E-state index contributed by atoms with van der Waals surface area (Å²) < 4.78 is 6.63. The molecule has 0 saturated carbocycles. The third-order valence-corrected chi connectivity index (χ3v) is 3.77. The van der Waals surface area contributed by atoms with Crippen molar-refractivity contribution in [3.8, 4) is 5.75 Å². The predicted molar refractivity (Wildman–Crippen MR) is 83.2 cm³/mol. The van der Waals surface area contributed by atoms with Crippen molar-refractivity contribution >= 4 is 27.7 Å². The minimum atomic E-state index is -0.186. The third-order valence-electron chi connectivity index (χ3n) is 3.31. The van der Waals surface area contributed by atoms with Crippen molar-refractivity contribution in [3.05, 3.63) is 51.6 Å². The van der Waals surface area contributed by atoms with Crippen LogP contribution >= 0.6 is 15.9 Å². The number of pyridine rings is 1. The van der Waals surface area contributed by atoms with Crippen LogP contribution in [0.25, 0.3) is 0 Å². The topological polar surface area (TPSA) is 77.2 Å². The number of nitrogen functional groups attached to an aromatic ring is 1. The summed E-state index contributed by atoms with van der Waals surface area (Å²) in [6.07, 6.45) is 2.37. The number of nitrogens with one attached hydrogen (secondary N) is 1. The van der Waals surface area contributed by atoms with Gasteiger partial charge in [0, 0.05) is 29.2 Å². The number of aromatic nitrogens is 1. The molecular weight excluding hydrogens is 334 g/mol. The fourth-order valence-electron chi connectivity index (χ4n) is 2.29. The molecule has 6 heteroatoms. The average Bonchev–Trinajstić information content (AvgIpc) is 2.93. The Bertz CT molecular complexity index is 686. The molecule has 1 aliphatic rings. The maximum atomic E-state index is 12.1. The zero-order valence-corrected chi connectivity index (χ0v) is 12.8. The van der Waals surface area contributed by atoms with E-state index in [2.05, 4.69) is 32.3 Å². The van der Waals surface area contributed by atoms with Crippen LogP contribution in [0.3, 0.4) is 0 Å². The van der Waals surface area contributed by atoms with Crippen LogP contribution in [0, 0.1) is 0 Å². The molecule has 0 aliphatic carbocycles. The van der Waals surface area contributed by atoms with E-state index in [1.165, 1.54) is 11.8 Å². The Labute approximate surface area is 130 Å². The van der Waals surface area contributed by atoms with E-state index in [-0.39, 0.29) is 5.91 Å². The first-order valence-electron chi connectivity index (χ1n) is 6.57. The number of hydrogen-bond donors (Lipinski definition) is 2. The molecule has 0 saturated heterocycles. The van der Waals surface area contributed by atoms with Gasteiger partial charge in [-0.05, 0) is 29.8 Å². The fourth-order valence-corrected chi connectivity index (χ4v) is 2.85. The lowest BCUT2D eigenvalue weighted by Crippen LogP contribution is -2.23. The predicted octanol–water partition coefficient (Wildman–Crippen LogP) is 2.29. The summed E-state index contributed by atoms with van der Waals surface area (Å²) in [5.41, 5.74) is 8.12. The van der Waals surface area contributed by atoms with E-state index < -0.39 is 0 Å². The van der Waals surface area contributed by atoms with Gasteiger partial charge in [-0.2, -0.15) is 0 Å². The molecule has 108 valence electrons. The molecule has 0 bridgehead atoms. The summed E-state index contributed by atoms with van der Waals surface area (Å²) in [7, 11) is 0. The number of anilines is 1. The second-order valence-corrected chi connectivity index (χ2v) is 5.72. The summed E-state index contributed by atoms with van der Waals surface area (Å²) in [5, 5.41) is 2.87. The van der Waals surface area contributed by atoms with E-state index >= 15 is 0 Å². The highest BCUT2D eigenvalue weighted by molar-refractivity contribution is 9.10. The van der Waals surface area contributed by atoms with Gasteiger partial charge in [0.1, 0.15) is 11.6 Å². The minimum Gasteiger partial charge on any atom is -0.493 e. The van der Waals surface area contributed by atoms with Crippen LogP contribution in [-0.2, 0) is 13.0 Å². The molecule has 1 aromatic carbocycles. The van der Waals surface area contributed by atoms with Crippen molar-refractivity contribution in [2.24, 2.45) is 0 Å². The number of nitrogens with two attached hydrogens (primary N) is 1. The van der Waals surface area contributed by atoms with Crippen LogP contribution in [0.15, 0.2) is 34.9 Å². The Hall–Kier alpha value is -2.08. The Balaban J connectivity index is 1.73. The zero-order valence-electron chi connectivity index (χ0n) is 11.2. The van der Waals surface area contributed by atoms with Crippen molar-refractivity contribution in [1.82, 2.24) is 10.3 Å². The normalized spacial score (nSPS) is 12.6. The SMILES string of the molecule is Nc1ccc(C(=O)NCc2cc(Br)cc3c2OCC3)cn1. The molecule has 1 aliphatic heterocycles. The summed E-state index contributed by atoms with van der Waals surface area (Å²) in [4.78, 5) is 16.0. The Kier molecular flexibility index (Phi) is 3.79. The Morgan fingerprint density at radius 3 is 3.05 bits per heavy atom. The van der Waals surface area contributed by atoms with Gasteiger partial charge in [-0.3, -0.25) is 4.79 Å². The van der Waals surface area contributed by atoms with E-state index in [0.717, 1.165) is 22.2 Å². The molecule has 0 atom stereocenters. The molecule has 0 radical (unpaired) electrons. The molecule has 3 N–H and O–H groups in total. The number of benzene rings is 1. The van der Waals surface area contributed by atoms with E-state index in [1.807, 2.05) is 6.07 Å². The zero-order chi connectivity index (χ0) is 14.8. The number of hydrogen-bond acceptors (Lipinski definition) is 4. The Morgan fingerprint density at radius 1 is 1.43 bits per heavy atom. The van der Waals surface area contributed by atoms with Gasteiger partial charge < -0.3 is 15.8 Å². The minimum absolute atomic E-state index is 0.186. The Morgan fingerprint density at radius 2 is 2.29 bits per heavy atom. The molecule has 21 heavy (non-hydrogen) atoms. The molecule has 2 aromatic rings. The second kappa shape index (κ2) is 5.73. The molecule has 1 amide bonds. The summed E-state index contributed by atoms with van der Waals surface area (Å²) in [6, 6.07) is 7.28. The van der Waals surface area contributed by atoms with E-state index in [9.17, 15) is 4.79 Å². The summed E-state index contributed by atoms with van der Waals surface area (Å²) in [5.74, 6) is 1.09. The van der Waals surface area contributed by atoms with Gasteiger partial charge in [0.2, 0.25) is 0 Å². The van der Waals surface area contributed by atoms with Gasteiger partial charge >= 0.3 is 0 Å². The number of fused-ring (bicyclic) bond motifs is 1. The van der Waals surface area contributed by atoms with E-state index in [1.54, 1.807) is 12.1 Å².